The van der Waals surface area contributed by atoms with Gasteiger partial charge >= 0.3 is 12.4 Å². The van der Waals surface area contributed by atoms with Crippen molar-refractivity contribution in [2.24, 2.45) is 24.9 Å². The third-order valence-corrected chi connectivity index (χ3v) is 16.0. The van der Waals surface area contributed by atoms with Gasteiger partial charge in [0.2, 0.25) is 0 Å². The molecule has 2 aliphatic carbocycles. The Kier molecular flexibility index (Phi) is 14.0. The molecule has 360 valence electrons. The van der Waals surface area contributed by atoms with Gasteiger partial charge in [0, 0.05) is 78.3 Å². The molecular formula is C50H66F6N8O2. The number of rotatable bonds is 14. The maximum atomic E-state index is 12.8. The second kappa shape index (κ2) is 19.6. The maximum absolute atomic E-state index is 12.8. The Hall–Kier alpha value is -3.86. The number of alkyl halides is 6. The van der Waals surface area contributed by atoms with E-state index in [1.165, 1.54) is 24.3 Å². The Morgan fingerprint density at radius 3 is 1.29 bits per heavy atom. The minimum absolute atomic E-state index is 0.280. The number of hydrogen-bond donors (Lipinski definition) is 0. The van der Waals surface area contributed by atoms with Gasteiger partial charge in [-0.25, -0.2) is 0 Å². The highest BCUT2D eigenvalue weighted by Crippen LogP contribution is 2.65. The van der Waals surface area contributed by atoms with Crippen LogP contribution < -0.4 is 0 Å². The normalized spacial score (nSPS) is 26.4. The summed E-state index contributed by atoms with van der Waals surface area (Å²) in [5, 5.41) is 17.8. The Morgan fingerprint density at radius 2 is 0.924 bits per heavy atom. The van der Waals surface area contributed by atoms with Gasteiger partial charge in [-0.15, -0.1) is 20.4 Å². The number of halogens is 6. The molecule has 4 aromatic rings. The van der Waals surface area contributed by atoms with Crippen molar-refractivity contribution in [3.63, 3.8) is 0 Å². The number of benzene rings is 2. The molecule has 6 heterocycles. The quantitative estimate of drug-likeness (QED) is 0.0914. The standard InChI is InChI=1S/2C25H33F3N4O/c2*1-31-22(29-30-23(31)19-9-14-33-15-10-19)4-2-3-12-32-13-11-24(17-32)16-21(24)18-5-7-20(8-6-18)25(26,27)28/h2*5-8,19,21H,2-4,9-17H2,1H3/t2*21-,24-/m10/s1. The van der Waals surface area contributed by atoms with Gasteiger partial charge in [-0.2, -0.15) is 26.3 Å². The monoisotopic (exact) mass is 925 g/mol. The largest absolute Gasteiger partial charge is 0.416 e. The topological polar surface area (TPSA) is 86.4 Å². The van der Waals surface area contributed by atoms with Crippen LogP contribution in [0.4, 0.5) is 26.3 Å². The first kappa shape index (κ1) is 47.2. The molecule has 10 nitrogen and oxygen atoms in total. The first-order valence-corrected chi connectivity index (χ1v) is 24.4. The number of aromatic nitrogens is 6. The molecule has 4 aliphatic heterocycles. The number of aryl methyl sites for hydroxylation is 2. The van der Waals surface area contributed by atoms with Crippen LogP contribution >= 0.6 is 0 Å². The van der Waals surface area contributed by atoms with E-state index < -0.39 is 23.5 Å². The van der Waals surface area contributed by atoms with E-state index in [2.05, 4.69) is 53.4 Å². The van der Waals surface area contributed by atoms with Gasteiger partial charge in [0.1, 0.15) is 23.3 Å². The number of ether oxygens (including phenoxy) is 2. The predicted molar refractivity (Wildman–Crippen MR) is 238 cm³/mol. The van der Waals surface area contributed by atoms with Crippen molar-refractivity contribution < 1.29 is 35.8 Å². The molecule has 0 amide bonds. The van der Waals surface area contributed by atoms with Crippen LogP contribution in [-0.2, 0) is 48.8 Å². The van der Waals surface area contributed by atoms with Crippen LogP contribution in [0.25, 0.3) is 0 Å². The van der Waals surface area contributed by atoms with E-state index in [-0.39, 0.29) is 10.8 Å². The molecule has 0 radical (unpaired) electrons. The Morgan fingerprint density at radius 1 is 0.545 bits per heavy atom. The fourth-order valence-corrected chi connectivity index (χ4v) is 11.7. The Labute approximate surface area is 384 Å². The van der Waals surface area contributed by atoms with E-state index in [1.807, 2.05) is 0 Å². The SMILES string of the molecule is Cn1c(CCCCN2CC[C@@]3(C[C@@H]3c3ccc(C(F)(F)F)cc3)C2)nnc1C1CCOCC1.Cn1c(CCCCN2CC[C@]3(C[C@H]3c3ccc(C(F)(F)F)cc3)C2)nnc1C1CCOCC1. The molecule has 2 aromatic carbocycles. The molecule has 6 fully saturated rings. The molecule has 0 unspecified atom stereocenters. The minimum atomic E-state index is -4.26. The van der Waals surface area contributed by atoms with Crippen LogP contribution in [-0.4, -0.2) is 105 Å². The van der Waals surface area contributed by atoms with Crippen molar-refractivity contribution >= 4 is 0 Å². The summed E-state index contributed by atoms with van der Waals surface area (Å²) >= 11 is 0. The molecule has 10 rings (SSSR count). The van der Waals surface area contributed by atoms with E-state index in [4.69, 9.17) is 9.47 Å². The average Bonchev–Trinajstić information content (AvgIpc) is 3.85. The lowest BCUT2D eigenvalue weighted by molar-refractivity contribution is -0.138. The van der Waals surface area contributed by atoms with Crippen molar-refractivity contribution in [2.45, 2.75) is 126 Å². The number of hydrogen-bond acceptors (Lipinski definition) is 8. The van der Waals surface area contributed by atoms with E-state index in [0.29, 0.717) is 23.7 Å². The van der Waals surface area contributed by atoms with Crippen molar-refractivity contribution in [2.75, 3.05) is 65.7 Å². The second-order valence-corrected chi connectivity index (χ2v) is 20.3. The van der Waals surface area contributed by atoms with E-state index in [9.17, 15) is 26.3 Å². The molecule has 4 atom stereocenters. The highest BCUT2D eigenvalue weighted by Gasteiger charge is 2.58. The molecule has 2 spiro atoms. The van der Waals surface area contributed by atoms with Gasteiger partial charge in [-0.05, 0) is 161 Å². The summed E-state index contributed by atoms with van der Waals surface area (Å²) < 4.78 is 92.2. The number of nitrogens with zero attached hydrogens (tertiary/aromatic N) is 8. The van der Waals surface area contributed by atoms with E-state index >= 15 is 0 Å². The van der Waals surface area contributed by atoms with Crippen LogP contribution in [0.2, 0.25) is 0 Å². The fraction of sp³-hybridized carbons (Fsp3) is 0.680. The summed E-state index contributed by atoms with van der Waals surface area (Å²) in [4.78, 5) is 5.07. The highest BCUT2D eigenvalue weighted by atomic mass is 19.4. The first-order valence-electron chi connectivity index (χ1n) is 24.4. The summed E-state index contributed by atoms with van der Waals surface area (Å²) in [5.41, 5.74) is 1.57. The fourth-order valence-electron chi connectivity index (χ4n) is 11.7. The summed E-state index contributed by atoms with van der Waals surface area (Å²) in [6, 6.07) is 11.6. The lowest BCUT2D eigenvalue weighted by Crippen LogP contribution is -2.23. The van der Waals surface area contributed by atoms with Crippen LogP contribution in [0.1, 0.15) is 146 Å². The molecule has 2 saturated carbocycles. The Bertz CT molecular complexity index is 2060. The molecule has 0 bridgehead atoms. The third kappa shape index (κ3) is 10.7. The molecular weight excluding hydrogens is 859 g/mol. The Balaban J connectivity index is 0.000000166. The van der Waals surface area contributed by atoms with Crippen LogP contribution in [0, 0.1) is 10.8 Å². The maximum Gasteiger partial charge on any atom is 0.416 e. The summed E-state index contributed by atoms with van der Waals surface area (Å²) in [6.07, 6.45) is 6.39. The summed E-state index contributed by atoms with van der Waals surface area (Å²) in [7, 11) is 4.16. The van der Waals surface area contributed by atoms with Crippen molar-refractivity contribution in [1.82, 2.24) is 39.3 Å². The average molecular weight is 925 g/mol. The molecule has 66 heavy (non-hydrogen) atoms. The van der Waals surface area contributed by atoms with Crippen molar-refractivity contribution in [3.05, 3.63) is 94.1 Å². The zero-order valence-electron chi connectivity index (χ0n) is 38.6. The van der Waals surface area contributed by atoms with Gasteiger partial charge in [-0.1, -0.05) is 24.3 Å². The minimum Gasteiger partial charge on any atom is -0.381 e. The van der Waals surface area contributed by atoms with Gasteiger partial charge in [-0.3, -0.25) is 0 Å². The lowest BCUT2D eigenvalue weighted by Gasteiger charge is -2.21. The predicted octanol–water partition coefficient (Wildman–Crippen LogP) is 9.86. The van der Waals surface area contributed by atoms with Gasteiger partial charge in [0.25, 0.3) is 0 Å². The van der Waals surface area contributed by atoms with Crippen LogP contribution in [0.5, 0.6) is 0 Å². The highest BCUT2D eigenvalue weighted by molar-refractivity contribution is 5.35. The first-order chi connectivity index (χ1) is 31.7. The van der Waals surface area contributed by atoms with Crippen molar-refractivity contribution in [1.29, 1.82) is 0 Å². The summed E-state index contributed by atoms with van der Waals surface area (Å²) in [6.45, 7) is 9.71. The molecule has 4 saturated heterocycles. The molecule has 6 aliphatic rings. The lowest BCUT2D eigenvalue weighted by atomic mass is 9.97. The van der Waals surface area contributed by atoms with Crippen LogP contribution in [0.15, 0.2) is 48.5 Å². The number of likely N-dealkylation sites (tertiary alicyclic amines) is 2. The van der Waals surface area contributed by atoms with Gasteiger partial charge < -0.3 is 28.4 Å². The smallest absolute Gasteiger partial charge is 0.381 e. The van der Waals surface area contributed by atoms with E-state index in [1.54, 1.807) is 24.3 Å². The van der Waals surface area contributed by atoms with Gasteiger partial charge in [0.15, 0.2) is 0 Å². The molecule has 0 N–H and O–H groups in total. The third-order valence-electron chi connectivity index (χ3n) is 16.0. The van der Waals surface area contributed by atoms with Crippen LogP contribution in [0.3, 0.4) is 0 Å². The van der Waals surface area contributed by atoms with Gasteiger partial charge in [0.05, 0.1) is 11.1 Å². The van der Waals surface area contributed by atoms with E-state index in [0.717, 1.165) is 190 Å². The van der Waals surface area contributed by atoms with Crippen molar-refractivity contribution in [3.8, 4) is 0 Å². The second-order valence-electron chi connectivity index (χ2n) is 20.3. The molecule has 16 heteroatoms. The zero-order chi connectivity index (χ0) is 46.1. The zero-order valence-corrected chi connectivity index (χ0v) is 38.6. The number of unbranched alkanes of at least 4 members (excludes halogenated alkanes) is 2. The molecule has 2 aromatic heterocycles. The summed E-state index contributed by atoms with van der Waals surface area (Å²) in [5.74, 6) is 6.07.